The highest BCUT2D eigenvalue weighted by atomic mass is 28.4. The number of nitrogens with two attached hydrogens (primary N) is 1. The predicted octanol–water partition coefficient (Wildman–Crippen LogP) is 3.05. The van der Waals surface area contributed by atoms with E-state index in [9.17, 15) is 0 Å². The smallest absolute Gasteiger partial charge is 0.377 e. The lowest BCUT2D eigenvalue weighted by molar-refractivity contribution is 0.122. The van der Waals surface area contributed by atoms with Crippen molar-refractivity contribution in [2.45, 2.75) is 57.5 Å². The van der Waals surface area contributed by atoms with Crippen molar-refractivity contribution in [3.05, 3.63) is 0 Å². The van der Waals surface area contributed by atoms with Gasteiger partial charge >= 0.3 is 17.6 Å². The SMILES string of the molecule is CCCCCCC[Si](OC)(OC)OC.CO[Si](CCCN)(OC)OC. The second-order valence-electron chi connectivity index (χ2n) is 5.65. The number of hydrogen-bond donors (Lipinski definition) is 1. The number of rotatable bonds is 15. The standard InChI is InChI=1S/C10H24O3Si.C6H17NO3Si/c1-5-6-7-8-9-10-14(11-2,12-3)13-4;1-8-11(9-2,10-3)6-4-5-7/h5-10H2,1-4H3;4-7H2,1-3H3. The van der Waals surface area contributed by atoms with Gasteiger partial charge in [-0.2, -0.15) is 0 Å². The molecule has 0 unspecified atom stereocenters. The number of unbranched alkanes of at least 4 members (excludes halogenated alkanes) is 4. The molecule has 0 radical (unpaired) electrons. The maximum Gasteiger partial charge on any atom is 0.500 e. The molecular formula is C16H41NO6Si2. The normalized spacial score (nSPS) is 12.0. The molecule has 2 N–H and O–H groups in total. The summed E-state index contributed by atoms with van der Waals surface area (Å²) in [7, 11) is 5.24. The molecule has 0 atom stereocenters. The summed E-state index contributed by atoms with van der Waals surface area (Å²) in [6.07, 6.45) is 7.17. The summed E-state index contributed by atoms with van der Waals surface area (Å²) >= 11 is 0. The Morgan fingerprint density at radius 1 is 0.560 bits per heavy atom. The first kappa shape index (κ1) is 27.4. The van der Waals surface area contributed by atoms with E-state index in [0.29, 0.717) is 6.54 Å². The van der Waals surface area contributed by atoms with Crippen LogP contribution in [0.5, 0.6) is 0 Å². The van der Waals surface area contributed by atoms with Crippen molar-refractivity contribution in [3.63, 3.8) is 0 Å². The van der Waals surface area contributed by atoms with Crippen LogP contribution in [0.15, 0.2) is 0 Å². The topological polar surface area (TPSA) is 81.4 Å². The Labute approximate surface area is 157 Å². The zero-order valence-electron chi connectivity index (χ0n) is 17.4. The van der Waals surface area contributed by atoms with Crippen LogP contribution in [0.1, 0.15) is 45.4 Å². The zero-order chi connectivity index (χ0) is 19.6. The number of hydrogen-bond acceptors (Lipinski definition) is 7. The molecule has 0 aliphatic heterocycles. The van der Waals surface area contributed by atoms with E-state index in [1.54, 1.807) is 42.7 Å². The Bertz CT molecular complexity index is 263. The van der Waals surface area contributed by atoms with Crippen LogP contribution in [-0.2, 0) is 26.6 Å². The van der Waals surface area contributed by atoms with Gasteiger partial charge in [-0.15, -0.1) is 0 Å². The van der Waals surface area contributed by atoms with Crippen molar-refractivity contribution < 1.29 is 26.6 Å². The Hall–Kier alpha value is 0.154. The molecule has 9 heteroatoms. The highest BCUT2D eigenvalue weighted by Gasteiger charge is 2.37. The van der Waals surface area contributed by atoms with Crippen LogP contribution in [0.2, 0.25) is 12.1 Å². The van der Waals surface area contributed by atoms with Crippen LogP contribution in [0.25, 0.3) is 0 Å². The lowest BCUT2D eigenvalue weighted by Crippen LogP contribution is -2.42. The summed E-state index contributed by atoms with van der Waals surface area (Å²) in [5, 5.41) is 0. The summed E-state index contributed by atoms with van der Waals surface area (Å²) in [5.41, 5.74) is 5.36. The third-order valence-corrected chi connectivity index (χ3v) is 9.80. The van der Waals surface area contributed by atoms with E-state index in [1.807, 2.05) is 0 Å². The molecular weight excluding hydrogens is 358 g/mol. The lowest BCUT2D eigenvalue weighted by atomic mass is 10.2. The highest BCUT2D eigenvalue weighted by molar-refractivity contribution is 6.60. The van der Waals surface area contributed by atoms with Gasteiger partial charge in [0.05, 0.1) is 0 Å². The lowest BCUT2D eigenvalue weighted by Gasteiger charge is -2.24. The molecule has 0 aliphatic rings. The third-order valence-electron chi connectivity index (χ3n) is 4.14. The molecule has 0 fully saturated rings. The van der Waals surface area contributed by atoms with Gasteiger partial charge in [-0.1, -0.05) is 32.6 Å². The maximum absolute atomic E-state index is 5.36. The van der Waals surface area contributed by atoms with Gasteiger partial charge < -0.3 is 32.3 Å². The van der Waals surface area contributed by atoms with Gasteiger partial charge in [0, 0.05) is 54.7 Å². The minimum Gasteiger partial charge on any atom is -0.377 e. The molecule has 0 saturated carbocycles. The molecule has 25 heavy (non-hydrogen) atoms. The Kier molecular flexibility index (Phi) is 19.2. The summed E-state index contributed by atoms with van der Waals surface area (Å²) in [5.74, 6) is 0. The average molecular weight is 400 g/mol. The largest absolute Gasteiger partial charge is 0.500 e. The summed E-state index contributed by atoms with van der Waals surface area (Å²) in [4.78, 5) is 0. The van der Waals surface area contributed by atoms with Gasteiger partial charge in [0.25, 0.3) is 0 Å². The molecule has 0 aromatic carbocycles. The molecule has 0 aromatic rings. The van der Waals surface area contributed by atoms with Crippen molar-refractivity contribution in [2.75, 3.05) is 49.2 Å². The van der Waals surface area contributed by atoms with Crippen molar-refractivity contribution in [1.29, 1.82) is 0 Å². The van der Waals surface area contributed by atoms with Gasteiger partial charge in [-0.05, 0) is 19.4 Å². The molecule has 0 heterocycles. The second-order valence-corrected chi connectivity index (χ2v) is 11.8. The van der Waals surface area contributed by atoms with Crippen LogP contribution in [0, 0.1) is 0 Å². The molecule has 7 nitrogen and oxygen atoms in total. The predicted molar refractivity (Wildman–Crippen MR) is 106 cm³/mol. The Balaban J connectivity index is 0. The maximum atomic E-state index is 5.36. The first-order valence-electron chi connectivity index (χ1n) is 9.00. The van der Waals surface area contributed by atoms with E-state index in [0.717, 1.165) is 24.9 Å². The minimum absolute atomic E-state index is 0.644. The van der Waals surface area contributed by atoms with Crippen LogP contribution in [0.3, 0.4) is 0 Å². The van der Waals surface area contributed by atoms with Gasteiger partial charge in [0.2, 0.25) is 0 Å². The molecule has 0 rings (SSSR count). The molecule has 0 spiro atoms. The van der Waals surface area contributed by atoms with Gasteiger partial charge in [-0.3, -0.25) is 0 Å². The summed E-state index contributed by atoms with van der Waals surface area (Å²) < 4.78 is 31.5. The van der Waals surface area contributed by atoms with Gasteiger partial charge in [-0.25, -0.2) is 0 Å². The average Bonchev–Trinajstić information content (AvgIpc) is 2.67. The van der Waals surface area contributed by atoms with Crippen LogP contribution in [-0.4, -0.2) is 66.8 Å². The Morgan fingerprint density at radius 3 is 1.24 bits per heavy atom. The van der Waals surface area contributed by atoms with Gasteiger partial charge in [0.15, 0.2) is 0 Å². The van der Waals surface area contributed by atoms with Crippen molar-refractivity contribution in [2.24, 2.45) is 5.73 Å². The molecule has 154 valence electrons. The van der Waals surface area contributed by atoms with E-state index in [1.165, 1.54) is 25.7 Å². The highest BCUT2D eigenvalue weighted by Crippen LogP contribution is 2.17. The zero-order valence-corrected chi connectivity index (χ0v) is 19.4. The second kappa shape index (κ2) is 17.6. The molecule has 0 saturated heterocycles. The first-order chi connectivity index (χ1) is 12.0. The van der Waals surface area contributed by atoms with E-state index in [2.05, 4.69) is 6.92 Å². The van der Waals surface area contributed by atoms with E-state index in [-0.39, 0.29) is 0 Å². The fourth-order valence-corrected chi connectivity index (χ4v) is 5.92. The summed E-state index contributed by atoms with van der Waals surface area (Å²) in [6.45, 7) is 2.86. The first-order valence-corrected chi connectivity index (χ1v) is 12.9. The fourth-order valence-electron chi connectivity index (χ4n) is 2.38. The van der Waals surface area contributed by atoms with Crippen molar-refractivity contribution in [1.82, 2.24) is 0 Å². The van der Waals surface area contributed by atoms with E-state index in [4.69, 9.17) is 32.3 Å². The molecule has 0 aromatic heterocycles. The molecule has 0 aliphatic carbocycles. The minimum atomic E-state index is -2.32. The van der Waals surface area contributed by atoms with Crippen LogP contribution >= 0.6 is 0 Å². The monoisotopic (exact) mass is 399 g/mol. The van der Waals surface area contributed by atoms with Crippen LogP contribution in [0.4, 0.5) is 0 Å². The van der Waals surface area contributed by atoms with Crippen molar-refractivity contribution >= 4 is 17.6 Å². The van der Waals surface area contributed by atoms with Crippen LogP contribution < -0.4 is 5.73 Å². The summed E-state index contributed by atoms with van der Waals surface area (Å²) in [6, 6.07) is 1.72. The quantitative estimate of drug-likeness (QED) is 0.335. The third kappa shape index (κ3) is 12.2. The molecule has 0 amide bonds. The molecule has 0 bridgehead atoms. The van der Waals surface area contributed by atoms with Crippen molar-refractivity contribution in [3.8, 4) is 0 Å². The van der Waals surface area contributed by atoms with E-state index >= 15 is 0 Å². The Morgan fingerprint density at radius 2 is 0.920 bits per heavy atom. The van der Waals surface area contributed by atoms with Gasteiger partial charge in [0.1, 0.15) is 0 Å². The van der Waals surface area contributed by atoms with E-state index < -0.39 is 17.6 Å². The fraction of sp³-hybridized carbons (Fsp3) is 1.00.